The number of hydrogen-bond acceptors (Lipinski definition) is 5. The Balaban J connectivity index is 2.10. The van der Waals surface area contributed by atoms with Crippen molar-refractivity contribution < 1.29 is 19.1 Å². The summed E-state index contributed by atoms with van der Waals surface area (Å²) in [5.41, 5.74) is 0.478. The van der Waals surface area contributed by atoms with Crippen LogP contribution in [0.2, 0.25) is 0 Å². The van der Waals surface area contributed by atoms with E-state index in [9.17, 15) is 14.8 Å². The molecule has 0 radical (unpaired) electrons. The lowest BCUT2D eigenvalue weighted by molar-refractivity contribution is -0.565. The molecular formula is C21H17BrN2O4. The quantitative estimate of drug-likeness (QED) is 0.229. The summed E-state index contributed by atoms with van der Waals surface area (Å²) in [4.78, 5) is 30.1. The summed E-state index contributed by atoms with van der Waals surface area (Å²) in [7, 11) is 0. The molecule has 0 aliphatic carbocycles. The molecular weight excluding hydrogens is 424 g/mol. The fraction of sp³-hybridized carbons (Fsp3) is 0.238. The van der Waals surface area contributed by atoms with Gasteiger partial charge in [-0.3, -0.25) is 4.79 Å². The molecule has 1 aromatic heterocycles. The summed E-state index contributed by atoms with van der Waals surface area (Å²) in [5, 5.41) is 13.2. The van der Waals surface area contributed by atoms with E-state index in [-0.39, 0.29) is 29.2 Å². The number of nitrogens with zero attached hydrogens (tertiary/aromatic N) is 2. The van der Waals surface area contributed by atoms with E-state index in [1.54, 1.807) is 62.4 Å². The molecule has 7 heteroatoms. The average molecular weight is 441 g/mol. The summed E-state index contributed by atoms with van der Waals surface area (Å²) in [5.74, 6) is -0.855. The molecule has 1 unspecified atom stereocenters. The first-order chi connectivity index (χ1) is 13.3. The van der Waals surface area contributed by atoms with Crippen molar-refractivity contribution in [2.75, 3.05) is 0 Å². The van der Waals surface area contributed by atoms with Crippen LogP contribution in [0, 0.1) is 5.21 Å². The number of carbonyl (C=O) groups is 2. The van der Waals surface area contributed by atoms with E-state index in [2.05, 4.69) is 20.9 Å². The number of hydrogen-bond donors (Lipinski definition) is 0. The first kappa shape index (κ1) is 18.6. The lowest BCUT2D eigenvalue weighted by Crippen LogP contribution is -2.41. The molecule has 0 N–H and O–H groups in total. The van der Waals surface area contributed by atoms with Crippen LogP contribution < -0.4 is 4.73 Å². The van der Waals surface area contributed by atoms with Gasteiger partial charge < -0.3 is 9.94 Å². The van der Waals surface area contributed by atoms with Gasteiger partial charge in [-0.2, -0.15) is 4.73 Å². The molecule has 3 aromatic rings. The Labute approximate surface area is 169 Å². The molecule has 4 rings (SSSR count). The van der Waals surface area contributed by atoms with E-state index in [1.165, 1.54) is 0 Å². The third-order valence-corrected chi connectivity index (χ3v) is 6.33. The van der Waals surface area contributed by atoms with Gasteiger partial charge in [0.25, 0.3) is 5.69 Å². The molecule has 0 amide bonds. The lowest BCUT2D eigenvalue weighted by atomic mass is 9.94. The standard InChI is InChI=1S/C21H17BrN2O4/c1-21(2)17(22)11-16(25)18-19(12-7-3-4-8-13(12)20(26)28-21)24(27)15-10-6-5-9-14(15)23-18/h3-10,17H,11H2,1-2H3. The normalized spacial score (nSPS) is 18.9. The van der Waals surface area contributed by atoms with Crippen molar-refractivity contribution in [3.05, 3.63) is 65.0 Å². The maximum atomic E-state index is 13.2. The predicted octanol–water partition coefficient (Wildman–Crippen LogP) is 3.82. The number of esters is 1. The van der Waals surface area contributed by atoms with Crippen molar-refractivity contribution in [2.45, 2.75) is 30.7 Å². The van der Waals surface area contributed by atoms with Crippen LogP contribution in [0.5, 0.6) is 0 Å². The van der Waals surface area contributed by atoms with E-state index >= 15 is 0 Å². The zero-order valence-electron chi connectivity index (χ0n) is 15.3. The second-order valence-electron chi connectivity index (χ2n) is 7.23. The number of benzene rings is 2. The number of alkyl halides is 1. The third kappa shape index (κ3) is 2.96. The van der Waals surface area contributed by atoms with Crippen molar-refractivity contribution >= 4 is 38.7 Å². The van der Waals surface area contributed by atoms with Crippen molar-refractivity contribution in [3.63, 3.8) is 0 Å². The van der Waals surface area contributed by atoms with Crippen LogP contribution in [-0.4, -0.2) is 27.2 Å². The molecule has 0 saturated heterocycles. The van der Waals surface area contributed by atoms with Crippen molar-refractivity contribution in [1.82, 2.24) is 4.98 Å². The predicted molar refractivity (Wildman–Crippen MR) is 107 cm³/mol. The number of ketones is 1. The fourth-order valence-electron chi connectivity index (χ4n) is 3.28. The third-order valence-electron chi connectivity index (χ3n) is 4.90. The Bertz CT molecular complexity index is 1130. The minimum Gasteiger partial charge on any atom is -0.618 e. The number of fused-ring (bicyclic) bond motifs is 4. The van der Waals surface area contributed by atoms with Crippen LogP contribution in [0.3, 0.4) is 0 Å². The number of aromatic nitrogens is 2. The molecule has 0 saturated carbocycles. The minimum absolute atomic E-state index is 0.0286. The van der Waals surface area contributed by atoms with Crippen LogP contribution in [0.4, 0.5) is 0 Å². The maximum Gasteiger partial charge on any atom is 0.339 e. The van der Waals surface area contributed by atoms with E-state index in [4.69, 9.17) is 4.74 Å². The second-order valence-corrected chi connectivity index (χ2v) is 8.33. The van der Waals surface area contributed by atoms with Crippen molar-refractivity contribution in [1.29, 1.82) is 0 Å². The van der Waals surface area contributed by atoms with E-state index in [0.717, 1.165) is 0 Å². The second kappa shape index (κ2) is 6.67. The zero-order valence-corrected chi connectivity index (χ0v) is 16.9. The monoisotopic (exact) mass is 440 g/mol. The maximum absolute atomic E-state index is 13.2. The van der Waals surface area contributed by atoms with Crippen molar-refractivity contribution in [3.8, 4) is 11.3 Å². The molecule has 1 aliphatic heterocycles. The van der Waals surface area contributed by atoms with Gasteiger partial charge in [0.05, 0.1) is 16.0 Å². The molecule has 2 aromatic carbocycles. The molecule has 0 spiro atoms. The number of Topliss-reactive ketones (excluding diaryl/α,β-unsaturated/α-hetero) is 1. The van der Waals surface area contributed by atoms with Crippen LogP contribution in [-0.2, 0) is 4.74 Å². The number of para-hydroxylation sites is 2. The minimum atomic E-state index is -0.929. The van der Waals surface area contributed by atoms with Crippen LogP contribution >= 0.6 is 15.9 Å². The number of carbonyl (C=O) groups excluding carboxylic acids is 2. The smallest absolute Gasteiger partial charge is 0.339 e. The summed E-state index contributed by atoms with van der Waals surface area (Å²) >= 11 is 3.47. The molecule has 0 bridgehead atoms. The van der Waals surface area contributed by atoms with Gasteiger partial charge in [0.2, 0.25) is 5.52 Å². The van der Waals surface area contributed by atoms with Crippen LogP contribution in [0.1, 0.15) is 41.1 Å². The number of cyclic esters (lactones) is 1. The van der Waals surface area contributed by atoms with Gasteiger partial charge in [0.1, 0.15) is 11.1 Å². The number of halogens is 1. The average Bonchev–Trinajstić information content (AvgIpc) is 2.67. The molecule has 142 valence electrons. The van der Waals surface area contributed by atoms with Gasteiger partial charge in [-0.1, -0.05) is 40.2 Å². The molecule has 1 atom stereocenters. The summed E-state index contributed by atoms with van der Waals surface area (Å²) in [6.07, 6.45) is 0.0286. The SMILES string of the molecule is CC1(C)OC(=O)c2ccccc2-c2c(nc3ccccc3[n+]2[O-])C(=O)CC1Br. The van der Waals surface area contributed by atoms with Crippen LogP contribution in [0.15, 0.2) is 48.5 Å². The summed E-state index contributed by atoms with van der Waals surface area (Å²) in [6.45, 7) is 3.48. The van der Waals surface area contributed by atoms with Crippen molar-refractivity contribution in [2.24, 2.45) is 0 Å². The summed E-state index contributed by atoms with van der Waals surface area (Å²) < 4.78 is 6.35. The highest BCUT2D eigenvalue weighted by Crippen LogP contribution is 2.33. The largest absolute Gasteiger partial charge is 0.618 e. The van der Waals surface area contributed by atoms with Crippen LogP contribution in [0.25, 0.3) is 22.3 Å². The Morgan fingerprint density at radius 1 is 1.11 bits per heavy atom. The van der Waals surface area contributed by atoms with Gasteiger partial charge >= 0.3 is 5.97 Å². The lowest BCUT2D eigenvalue weighted by Gasteiger charge is -2.31. The first-order valence-corrected chi connectivity index (χ1v) is 9.73. The van der Waals surface area contributed by atoms with Gasteiger partial charge in [-0.05, 0) is 32.0 Å². The van der Waals surface area contributed by atoms with Gasteiger partial charge in [0.15, 0.2) is 11.5 Å². The highest BCUT2D eigenvalue weighted by atomic mass is 79.9. The van der Waals surface area contributed by atoms with Gasteiger partial charge in [-0.15, -0.1) is 0 Å². The van der Waals surface area contributed by atoms with E-state index in [0.29, 0.717) is 21.3 Å². The highest BCUT2D eigenvalue weighted by Gasteiger charge is 2.39. The Morgan fingerprint density at radius 3 is 2.50 bits per heavy atom. The Kier molecular flexibility index (Phi) is 4.42. The molecule has 0 fully saturated rings. The number of rotatable bonds is 0. The molecule has 28 heavy (non-hydrogen) atoms. The highest BCUT2D eigenvalue weighted by molar-refractivity contribution is 9.09. The Hall–Kier alpha value is -2.80. The number of ether oxygens (including phenoxy) is 1. The zero-order chi connectivity index (χ0) is 20.1. The molecule has 6 nitrogen and oxygen atoms in total. The van der Waals surface area contributed by atoms with E-state index in [1.807, 2.05) is 0 Å². The molecule has 1 aliphatic rings. The molecule has 2 heterocycles. The topological polar surface area (TPSA) is 83.2 Å². The first-order valence-electron chi connectivity index (χ1n) is 8.82. The van der Waals surface area contributed by atoms with Gasteiger partial charge in [-0.25, -0.2) is 9.78 Å². The van der Waals surface area contributed by atoms with E-state index < -0.39 is 16.4 Å². The van der Waals surface area contributed by atoms with Gasteiger partial charge in [0, 0.05) is 12.5 Å². The fourth-order valence-corrected chi connectivity index (χ4v) is 3.67. The Morgan fingerprint density at radius 2 is 1.75 bits per heavy atom. The summed E-state index contributed by atoms with van der Waals surface area (Å²) in [6, 6.07) is 13.4.